The highest BCUT2D eigenvalue weighted by Gasteiger charge is 2.20. The number of anilines is 1. The van der Waals surface area contributed by atoms with Crippen molar-refractivity contribution in [3.63, 3.8) is 0 Å². The number of nitrogens with zero attached hydrogens (tertiary/aromatic N) is 5. The van der Waals surface area contributed by atoms with Crippen molar-refractivity contribution < 1.29 is 0 Å². The first-order valence-electron chi connectivity index (χ1n) is 9.15. The summed E-state index contributed by atoms with van der Waals surface area (Å²) < 4.78 is 1.88. The summed E-state index contributed by atoms with van der Waals surface area (Å²) in [5.74, 6) is 1.96. The van der Waals surface area contributed by atoms with Gasteiger partial charge in [0.1, 0.15) is 11.6 Å². The average Bonchev–Trinajstić information content (AvgIpc) is 3.01. The van der Waals surface area contributed by atoms with E-state index in [9.17, 15) is 0 Å². The van der Waals surface area contributed by atoms with Crippen LogP contribution in [0.15, 0.2) is 18.5 Å². The zero-order chi connectivity index (χ0) is 17.6. The molecule has 3 rings (SSSR count). The van der Waals surface area contributed by atoms with Crippen molar-refractivity contribution in [3.05, 3.63) is 35.0 Å². The fourth-order valence-electron chi connectivity index (χ4n) is 3.31. The molecular formula is C18H27ClN6. The van der Waals surface area contributed by atoms with E-state index in [1.807, 2.05) is 17.8 Å². The molecule has 1 fully saturated rings. The molecule has 25 heavy (non-hydrogen) atoms. The molecule has 0 aromatic carbocycles. The number of rotatable bonds is 7. The van der Waals surface area contributed by atoms with Gasteiger partial charge in [-0.25, -0.2) is 9.97 Å². The molecule has 3 heterocycles. The van der Waals surface area contributed by atoms with Crippen LogP contribution in [0.4, 0.5) is 5.82 Å². The first-order valence-corrected chi connectivity index (χ1v) is 9.52. The molecule has 0 aliphatic carbocycles. The monoisotopic (exact) mass is 362 g/mol. The maximum atomic E-state index is 5.88. The van der Waals surface area contributed by atoms with Crippen molar-refractivity contribution in [1.29, 1.82) is 0 Å². The number of nitrogens with one attached hydrogen (secondary N) is 1. The standard InChI is InChI=1S/C18H27ClN6/c1-3-4-17-11-18(23-14(2)22-17)24-8-5-16(6-9-24)20-7-10-25-13-15(19)12-21-25/h11-13,16,20H,3-10H2,1-2H3. The molecule has 1 aliphatic heterocycles. The molecule has 2 aromatic rings. The third kappa shape index (κ3) is 5.16. The summed E-state index contributed by atoms with van der Waals surface area (Å²) in [4.78, 5) is 11.6. The maximum absolute atomic E-state index is 5.88. The molecule has 0 spiro atoms. The summed E-state index contributed by atoms with van der Waals surface area (Å²) in [7, 11) is 0. The third-order valence-corrected chi connectivity index (χ3v) is 4.77. The zero-order valence-electron chi connectivity index (χ0n) is 15.1. The van der Waals surface area contributed by atoms with Gasteiger partial charge < -0.3 is 10.2 Å². The van der Waals surface area contributed by atoms with Gasteiger partial charge in [-0.1, -0.05) is 24.9 Å². The van der Waals surface area contributed by atoms with E-state index in [2.05, 4.69) is 38.3 Å². The Bertz CT molecular complexity index is 678. The summed E-state index contributed by atoms with van der Waals surface area (Å²) in [5, 5.41) is 8.53. The van der Waals surface area contributed by atoms with Crippen molar-refractivity contribution >= 4 is 17.4 Å². The first kappa shape index (κ1) is 18.1. The van der Waals surface area contributed by atoms with Gasteiger partial charge in [-0.05, 0) is 26.2 Å². The minimum atomic E-state index is 0.556. The van der Waals surface area contributed by atoms with Gasteiger partial charge in [-0.3, -0.25) is 4.68 Å². The number of hydrogen-bond acceptors (Lipinski definition) is 5. The number of aryl methyl sites for hydroxylation is 2. The smallest absolute Gasteiger partial charge is 0.132 e. The summed E-state index contributed by atoms with van der Waals surface area (Å²) in [5.41, 5.74) is 1.16. The van der Waals surface area contributed by atoms with Crippen LogP contribution in [-0.4, -0.2) is 45.4 Å². The van der Waals surface area contributed by atoms with Gasteiger partial charge in [0.15, 0.2) is 0 Å². The van der Waals surface area contributed by atoms with Crippen LogP contribution in [-0.2, 0) is 13.0 Å². The minimum absolute atomic E-state index is 0.556. The van der Waals surface area contributed by atoms with Crippen LogP contribution in [0.3, 0.4) is 0 Å². The Morgan fingerprint density at radius 1 is 1.28 bits per heavy atom. The van der Waals surface area contributed by atoms with E-state index >= 15 is 0 Å². The van der Waals surface area contributed by atoms with Crippen molar-refractivity contribution in [2.45, 2.75) is 52.1 Å². The largest absolute Gasteiger partial charge is 0.356 e. The summed E-state index contributed by atoms with van der Waals surface area (Å²) in [6.45, 7) is 8.00. The summed E-state index contributed by atoms with van der Waals surface area (Å²) in [6.07, 6.45) is 7.93. The normalized spacial score (nSPS) is 15.7. The Balaban J connectivity index is 1.46. The summed E-state index contributed by atoms with van der Waals surface area (Å²) in [6, 6.07) is 2.71. The molecule has 0 radical (unpaired) electrons. The molecule has 1 saturated heterocycles. The predicted octanol–water partition coefficient (Wildman–Crippen LogP) is 2.85. The van der Waals surface area contributed by atoms with E-state index in [4.69, 9.17) is 11.6 Å². The van der Waals surface area contributed by atoms with Crippen molar-refractivity contribution in [2.24, 2.45) is 0 Å². The second kappa shape index (κ2) is 8.63. The van der Waals surface area contributed by atoms with Crippen LogP contribution in [0, 0.1) is 6.92 Å². The van der Waals surface area contributed by atoms with E-state index in [0.29, 0.717) is 11.1 Å². The molecule has 0 amide bonds. The van der Waals surface area contributed by atoms with Gasteiger partial charge in [0.25, 0.3) is 0 Å². The molecule has 1 N–H and O–H groups in total. The highest BCUT2D eigenvalue weighted by Crippen LogP contribution is 2.19. The number of halogens is 1. The number of piperidine rings is 1. The third-order valence-electron chi connectivity index (χ3n) is 4.58. The van der Waals surface area contributed by atoms with Crippen LogP contribution in [0.25, 0.3) is 0 Å². The predicted molar refractivity (Wildman–Crippen MR) is 101 cm³/mol. The second-order valence-corrected chi connectivity index (χ2v) is 7.09. The van der Waals surface area contributed by atoms with Gasteiger partial charge in [-0.15, -0.1) is 0 Å². The molecular weight excluding hydrogens is 336 g/mol. The Kier molecular flexibility index (Phi) is 6.26. The molecule has 2 aromatic heterocycles. The lowest BCUT2D eigenvalue weighted by atomic mass is 10.0. The van der Waals surface area contributed by atoms with Crippen molar-refractivity contribution in [2.75, 3.05) is 24.5 Å². The van der Waals surface area contributed by atoms with E-state index in [1.54, 1.807) is 6.20 Å². The minimum Gasteiger partial charge on any atom is -0.356 e. The molecule has 0 unspecified atom stereocenters. The first-order chi connectivity index (χ1) is 12.1. The van der Waals surface area contributed by atoms with E-state index in [1.165, 1.54) is 0 Å². The molecule has 0 atom stereocenters. The summed E-state index contributed by atoms with van der Waals surface area (Å²) >= 11 is 5.88. The highest BCUT2D eigenvalue weighted by molar-refractivity contribution is 6.30. The molecule has 0 bridgehead atoms. The van der Waals surface area contributed by atoms with E-state index < -0.39 is 0 Å². The molecule has 6 nitrogen and oxygen atoms in total. The van der Waals surface area contributed by atoms with Gasteiger partial charge in [0, 0.05) is 43.6 Å². The lowest BCUT2D eigenvalue weighted by Crippen LogP contribution is -2.43. The topological polar surface area (TPSA) is 58.9 Å². The molecule has 0 saturated carbocycles. The van der Waals surface area contributed by atoms with Gasteiger partial charge in [0.2, 0.25) is 0 Å². The van der Waals surface area contributed by atoms with E-state index in [0.717, 1.165) is 69.2 Å². The van der Waals surface area contributed by atoms with Crippen LogP contribution < -0.4 is 10.2 Å². The fourth-order valence-corrected chi connectivity index (χ4v) is 3.47. The Morgan fingerprint density at radius 2 is 2.08 bits per heavy atom. The maximum Gasteiger partial charge on any atom is 0.132 e. The molecule has 1 aliphatic rings. The van der Waals surface area contributed by atoms with Crippen LogP contribution in [0.5, 0.6) is 0 Å². The zero-order valence-corrected chi connectivity index (χ0v) is 15.8. The second-order valence-electron chi connectivity index (χ2n) is 6.65. The average molecular weight is 363 g/mol. The Labute approximate surface area is 154 Å². The number of aromatic nitrogens is 4. The lowest BCUT2D eigenvalue weighted by molar-refractivity contribution is 0.400. The lowest BCUT2D eigenvalue weighted by Gasteiger charge is -2.33. The van der Waals surface area contributed by atoms with Crippen LogP contribution in [0.2, 0.25) is 5.02 Å². The SMILES string of the molecule is CCCc1cc(N2CCC(NCCn3cc(Cl)cn3)CC2)nc(C)n1. The van der Waals surface area contributed by atoms with Crippen molar-refractivity contribution in [3.8, 4) is 0 Å². The van der Waals surface area contributed by atoms with Crippen LogP contribution >= 0.6 is 11.6 Å². The quantitative estimate of drug-likeness (QED) is 0.820. The molecule has 7 heteroatoms. The van der Waals surface area contributed by atoms with Gasteiger partial charge in [-0.2, -0.15) is 5.10 Å². The fraction of sp³-hybridized carbons (Fsp3) is 0.611. The van der Waals surface area contributed by atoms with Crippen LogP contribution in [0.1, 0.15) is 37.7 Å². The Hall–Kier alpha value is -1.66. The molecule has 136 valence electrons. The Morgan fingerprint density at radius 3 is 2.76 bits per heavy atom. The highest BCUT2D eigenvalue weighted by atomic mass is 35.5. The van der Waals surface area contributed by atoms with Crippen molar-refractivity contribution in [1.82, 2.24) is 25.1 Å². The van der Waals surface area contributed by atoms with Gasteiger partial charge in [0.05, 0.1) is 17.8 Å². The van der Waals surface area contributed by atoms with E-state index in [-0.39, 0.29) is 0 Å². The number of hydrogen-bond donors (Lipinski definition) is 1. The van der Waals surface area contributed by atoms with Gasteiger partial charge >= 0.3 is 0 Å².